The molecule has 0 spiro atoms. The number of amides is 1. The Morgan fingerprint density at radius 3 is 2.82 bits per heavy atom. The third-order valence-corrected chi connectivity index (χ3v) is 4.02. The van der Waals surface area contributed by atoms with Crippen LogP contribution in [-0.2, 0) is 0 Å². The van der Waals surface area contributed by atoms with E-state index in [2.05, 4.69) is 21.2 Å². The summed E-state index contributed by atoms with van der Waals surface area (Å²) in [5, 5.41) is 12.6. The summed E-state index contributed by atoms with van der Waals surface area (Å²) < 4.78 is 0.595. The molecule has 0 aromatic heterocycles. The highest BCUT2D eigenvalue weighted by Crippen LogP contribution is 2.31. The molecule has 1 aliphatic rings. The molecule has 92 valence electrons. The Hall–Kier alpha value is -1.07. The molecule has 2 rings (SSSR count). The summed E-state index contributed by atoms with van der Waals surface area (Å²) in [6, 6.07) is 5.15. The average molecular weight is 299 g/mol. The second-order valence-corrected chi connectivity index (χ2v) is 5.26. The number of nitrogens with two attached hydrogens (primary N) is 1. The quantitative estimate of drug-likeness (QED) is 0.743. The van der Waals surface area contributed by atoms with Gasteiger partial charge < -0.3 is 16.2 Å². The van der Waals surface area contributed by atoms with Crippen molar-refractivity contribution in [1.29, 1.82) is 0 Å². The molecule has 0 atom stereocenters. The second kappa shape index (κ2) is 4.66. The van der Waals surface area contributed by atoms with Gasteiger partial charge in [0.1, 0.15) is 0 Å². The number of anilines is 1. The van der Waals surface area contributed by atoms with Crippen LogP contribution in [0.1, 0.15) is 29.6 Å². The maximum atomic E-state index is 11.9. The molecule has 0 unspecified atom stereocenters. The van der Waals surface area contributed by atoms with Crippen molar-refractivity contribution in [3.8, 4) is 0 Å². The Kier molecular flexibility index (Phi) is 3.40. The van der Waals surface area contributed by atoms with Gasteiger partial charge in [0.25, 0.3) is 5.91 Å². The first-order valence-electron chi connectivity index (χ1n) is 5.56. The van der Waals surface area contributed by atoms with Gasteiger partial charge in [-0.2, -0.15) is 0 Å². The highest BCUT2D eigenvalue weighted by molar-refractivity contribution is 9.10. The summed E-state index contributed by atoms with van der Waals surface area (Å²) >= 11 is 3.28. The molecule has 1 aliphatic carbocycles. The average Bonchev–Trinajstić information content (AvgIpc) is 2.27. The SMILES string of the molecule is Nc1cccc(C(=O)NCC2(O)CCC2)c1Br. The minimum Gasteiger partial charge on any atom is -0.398 e. The highest BCUT2D eigenvalue weighted by Gasteiger charge is 2.34. The number of rotatable bonds is 3. The molecule has 0 bridgehead atoms. The Morgan fingerprint density at radius 2 is 2.24 bits per heavy atom. The van der Waals surface area contributed by atoms with Gasteiger partial charge in [-0.15, -0.1) is 0 Å². The lowest BCUT2D eigenvalue weighted by molar-refractivity contribution is -0.0300. The molecule has 5 heteroatoms. The van der Waals surface area contributed by atoms with Crippen LogP contribution >= 0.6 is 15.9 Å². The minimum atomic E-state index is -0.706. The summed E-state index contributed by atoms with van der Waals surface area (Å²) in [5.74, 6) is -0.218. The summed E-state index contributed by atoms with van der Waals surface area (Å²) in [6.45, 7) is 0.299. The molecular formula is C12H15BrN2O2. The van der Waals surface area contributed by atoms with Crippen molar-refractivity contribution in [2.45, 2.75) is 24.9 Å². The van der Waals surface area contributed by atoms with E-state index in [-0.39, 0.29) is 5.91 Å². The summed E-state index contributed by atoms with van der Waals surface area (Å²) in [5.41, 5.74) is 6.02. The van der Waals surface area contributed by atoms with Crippen LogP contribution in [0.2, 0.25) is 0 Å². The summed E-state index contributed by atoms with van der Waals surface area (Å²) in [4.78, 5) is 11.9. The van der Waals surface area contributed by atoms with Crippen LogP contribution in [0.25, 0.3) is 0 Å². The van der Waals surface area contributed by atoms with E-state index in [4.69, 9.17) is 5.73 Å². The van der Waals surface area contributed by atoms with Crippen LogP contribution in [0, 0.1) is 0 Å². The minimum absolute atomic E-state index is 0.218. The van der Waals surface area contributed by atoms with Crippen molar-refractivity contribution in [3.63, 3.8) is 0 Å². The number of aliphatic hydroxyl groups is 1. The number of halogens is 1. The number of nitrogen functional groups attached to an aromatic ring is 1. The van der Waals surface area contributed by atoms with E-state index in [0.29, 0.717) is 22.3 Å². The Balaban J connectivity index is 2.02. The van der Waals surface area contributed by atoms with E-state index >= 15 is 0 Å². The maximum Gasteiger partial charge on any atom is 0.252 e. The van der Waals surface area contributed by atoms with Gasteiger partial charge >= 0.3 is 0 Å². The molecule has 1 saturated carbocycles. The van der Waals surface area contributed by atoms with Crippen LogP contribution in [-0.4, -0.2) is 23.2 Å². The van der Waals surface area contributed by atoms with Crippen molar-refractivity contribution in [2.75, 3.05) is 12.3 Å². The van der Waals surface area contributed by atoms with Gasteiger partial charge in [0.2, 0.25) is 0 Å². The number of nitrogens with one attached hydrogen (secondary N) is 1. The molecule has 0 radical (unpaired) electrons. The zero-order valence-corrected chi connectivity index (χ0v) is 11.0. The molecule has 1 amide bonds. The Bertz CT molecular complexity index is 444. The van der Waals surface area contributed by atoms with Crippen LogP contribution in [0.5, 0.6) is 0 Å². The molecule has 0 heterocycles. The zero-order valence-electron chi connectivity index (χ0n) is 9.37. The zero-order chi connectivity index (χ0) is 12.5. The van der Waals surface area contributed by atoms with Crippen LogP contribution in [0.3, 0.4) is 0 Å². The lowest BCUT2D eigenvalue weighted by Gasteiger charge is -2.36. The van der Waals surface area contributed by atoms with Gasteiger partial charge in [0, 0.05) is 12.2 Å². The van der Waals surface area contributed by atoms with Gasteiger partial charge in [0.05, 0.1) is 15.6 Å². The lowest BCUT2D eigenvalue weighted by atomic mass is 9.80. The van der Waals surface area contributed by atoms with Crippen molar-refractivity contribution >= 4 is 27.5 Å². The van der Waals surface area contributed by atoms with Gasteiger partial charge in [-0.1, -0.05) is 6.07 Å². The summed E-state index contributed by atoms with van der Waals surface area (Å²) in [6.07, 6.45) is 2.53. The second-order valence-electron chi connectivity index (χ2n) is 4.47. The highest BCUT2D eigenvalue weighted by atomic mass is 79.9. The normalized spacial score (nSPS) is 17.3. The molecule has 1 fully saturated rings. The fourth-order valence-corrected chi connectivity index (χ4v) is 2.27. The molecule has 4 nitrogen and oxygen atoms in total. The molecule has 17 heavy (non-hydrogen) atoms. The fraction of sp³-hybridized carbons (Fsp3) is 0.417. The van der Waals surface area contributed by atoms with Gasteiger partial charge in [-0.3, -0.25) is 4.79 Å². The van der Waals surface area contributed by atoms with Crippen molar-refractivity contribution in [3.05, 3.63) is 28.2 Å². The first-order chi connectivity index (χ1) is 8.02. The number of hydrogen-bond donors (Lipinski definition) is 3. The Morgan fingerprint density at radius 1 is 1.53 bits per heavy atom. The van der Waals surface area contributed by atoms with E-state index in [0.717, 1.165) is 19.3 Å². The van der Waals surface area contributed by atoms with E-state index in [9.17, 15) is 9.90 Å². The van der Waals surface area contributed by atoms with E-state index in [1.807, 2.05) is 0 Å². The fourth-order valence-electron chi connectivity index (χ4n) is 1.83. The van der Waals surface area contributed by atoms with E-state index in [1.165, 1.54) is 0 Å². The predicted molar refractivity (Wildman–Crippen MR) is 69.7 cm³/mol. The number of carbonyl (C=O) groups is 1. The van der Waals surface area contributed by atoms with Crippen LogP contribution in [0.4, 0.5) is 5.69 Å². The Labute approximate surface area is 108 Å². The lowest BCUT2D eigenvalue weighted by Crippen LogP contribution is -2.47. The largest absolute Gasteiger partial charge is 0.398 e. The molecule has 0 saturated heterocycles. The number of hydrogen-bond acceptors (Lipinski definition) is 3. The smallest absolute Gasteiger partial charge is 0.252 e. The summed E-state index contributed by atoms with van der Waals surface area (Å²) in [7, 11) is 0. The van der Waals surface area contributed by atoms with E-state index < -0.39 is 5.60 Å². The third-order valence-electron chi connectivity index (χ3n) is 3.14. The molecule has 4 N–H and O–H groups in total. The molecule has 1 aromatic carbocycles. The number of benzene rings is 1. The van der Waals surface area contributed by atoms with Crippen LogP contribution < -0.4 is 11.1 Å². The topological polar surface area (TPSA) is 75.4 Å². The van der Waals surface area contributed by atoms with Gasteiger partial charge in [-0.05, 0) is 47.3 Å². The van der Waals surface area contributed by atoms with Crippen molar-refractivity contribution < 1.29 is 9.90 Å². The molecular weight excluding hydrogens is 284 g/mol. The monoisotopic (exact) mass is 298 g/mol. The third kappa shape index (κ3) is 2.61. The molecule has 0 aliphatic heterocycles. The maximum absolute atomic E-state index is 11.9. The van der Waals surface area contributed by atoms with Crippen molar-refractivity contribution in [1.82, 2.24) is 5.32 Å². The van der Waals surface area contributed by atoms with Gasteiger partial charge in [-0.25, -0.2) is 0 Å². The van der Waals surface area contributed by atoms with Crippen molar-refractivity contribution in [2.24, 2.45) is 0 Å². The van der Waals surface area contributed by atoms with Crippen LogP contribution in [0.15, 0.2) is 22.7 Å². The number of carbonyl (C=O) groups excluding carboxylic acids is 1. The molecule has 1 aromatic rings. The first kappa shape index (κ1) is 12.4. The predicted octanol–water partition coefficient (Wildman–Crippen LogP) is 1.68. The van der Waals surface area contributed by atoms with E-state index in [1.54, 1.807) is 18.2 Å². The van der Waals surface area contributed by atoms with Gasteiger partial charge in [0.15, 0.2) is 0 Å². The standard InChI is InChI=1S/C12H15BrN2O2/c13-10-8(3-1-4-9(10)14)11(16)15-7-12(17)5-2-6-12/h1,3-4,17H,2,5-7,14H2,(H,15,16). The first-order valence-corrected chi connectivity index (χ1v) is 6.36.